The van der Waals surface area contributed by atoms with Gasteiger partial charge in [-0.05, 0) is 74.0 Å². The summed E-state index contributed by atoms with van der Waals surface area (Å²) < 4.78 is 5.51. The summed E-state index contributed by atoms with van der Waals surface area (Å²) in [7, 11) is 0. The number of nitrogens with zero attached hydrogens (tertiary/aromatic N) is 1. The topological polar surface area (TPSA) is 109 Å². The van der Waals surface area contributed by atoms with Crippen LogP contribution in [0.3, 0.4) is 0 Å². The molecule has 0 radical (unpaired) electrons. The molecule has 3 N–H and O–H groups in total. The predicted molar refractivity (Wildman–Crippen MR) is 186 cm³/mol. The minimum Gasteiger partial charge on any atom is -0.494 e. The van der Waals surface area contributed by atoms with Gasteiger partial charge in [0, 0.05) is 27.1 Å². The number of aromatic nitrogens is 1. The average Bonchev–Trinajstić information content (AvgIpc) is 3.55. The molecule has 3 amide bonds. The molecule has 0 saturated carbocycles. The van der Waals surface area contributed by atoms with Crippen LogP contribution in [0.5, 0.6) is 5.75 Å². The van der Waals surface area contributed by atoms with Gasteiger partial charge in [-0.3, -0.25) is 14.4 Å². The van der Waals surface area contributed by atoms with Crippen molar-refractivity contribution in [2.45, 2.75) is 24.0 Å². The molecule has 10 heteroatoms. The van der Waals surface area contributed by atoms with Gasteiger partial charge in [-0.25, -0.2) is 4.98 Å². The third-order valence-electron chi connectivity index (χ3n) is 6.63. The van der Waals surface area contributed by atoms with Crippen molar-refractivity contribution in [2.24, 2.45) is 0 Å². The van der Waals surface area contributed by atoms with E-state index in [2.05, 4.69) is 20.9 Å². The SMILES string of the molecule is CCOc1ccc(/C=C(\NC(=O)c2ccccc2)C(=O)Nc2ccc(SC(C)C(=O)Nc3nc(-c4ccccc4)cs3)cc2)cc1. The van der Waals surface area contributed by atoms with Gasteiger partial charge in [0.25, 0.3) is 11.8 Å². The maximum Gasteiger partial charge on any atom is 0.272 e. The minimum absolute atomic E-state index is 0.0827. The van der Waals surface area contributed by atoms with Gasteiger partial charge in [0.2, 0.25) is 5.91 Å². The van der Waals surface area contributed by atoms with Gasteiger partial charge in [-0.2, -0.15) is 0 Å². The normalized spacial score (nSPS) is 11.7. The number of hydrogen-bond donors (Lipinski definition) is 3. The van der Waals surface area contributed by atoms with Crippen LogP contribution in [0, 0.1) is 0 Å². The Morgan fingerprint density at radius 1 is 0.870 bits per heavy atom. The van der Waals surface area contributed by atoms with E-state index in [1.165, 1.54) is 23.1 Å². The van der Waals surface area contributed by atoms with E-state index in [-0.39, 0.29) is 16.9 Å². The fraction of sp³-hybridized carbons (Fsp3) is 0.111. The number of benzene rings is 4. The lowest BCUT2D eigenvalue weighted by Gasteiger charge is -2.13. The Hall–Kier alpha value is -5.19. The first-order chi connectivity index (χ1) is 22.4. The first-order valence-electron chi connectivity index (χ1n) is 14.6. The maximum absolute atomic E-state index is 13.4. The average molecular weight is 649 g/mol. The summed E-state index contributed by atoms with van der Waals surface area (Å²) in [5.74, 6) is -0.329. The summed E-state index contributed by atoms with van der Waals surface area (Å²) >= 11 is 2.78. The van der Waals surface area contributed by atoms with Crippen LogP contribution in [-0.4, -0.2) is 34.6 Å². The fourth-order valence-electron chi connectivity index (χ4n) is 4.29. The molecule has 1 unspecified atom stereocenters. The van der Waals surface area contributed by atoms with Crippen molar-refractivity contribution in [1.82, 2.24) is 10.3 Å². The Morgan fingerprint density at radius 2 is 1.54 bits per heavy atom. The maximum atomic E-state index is 13.4. The van der Waals surface area contributed by atoms with Crippen LogP contribution < -0.4 is 20.7 Å². The number of carbonyl (C=O) groups is 3. The first-order valence-corrected chi connectivity index (χ1v) is 16.3. The summed E-state index contributed by atoms with van der Waals surface area (Å²) in [6.45, 7) is 4.28. The van der Waals surface area contributed by atoms with Crippen molar-refractivity contribution < 1.29 is 19.1 Å². The second-order valence-corrected chi connectivity index (χ2v) is 12.3. The van der Waals surface area contributed by atoms with E-state index >= 15 is 0 Å². The molecule has 0 spiro atoms. The third-order valence-corrected chi connectivity index (χ3v) is 8.50. The third kappa shape index (κ3) is 8.93. The zero-order chi connectivity index (χ0) is 32.3. The molecular weight excluding hydrogens is 617 g/mol. The molecule has 0 aliphatic carbocycles. The van der Waals surface area contributed by atoms with Gasteiger partial charge in [0.1, 0.15) is 11.4 Å². The van der Waals surface area contributed by atoms with Gasteiger partial charge >= 0.3 is 0 Å². The van der Waals surface area contributed by atoms with Crippen molar-refractivity contribution in [2.75, 3.05) is 17.2 Å². The number of anilines is 2. The van der Waals surface area contributed by atoms with Crippen molar-refractivity contribution >= 4 is 57.7 Å². The van der Waals surface area contributed by atoms with Crippen LogP contribution in [0.4, 0.5) is 10.8 Å². The molecule has 1 heterocycles. The van der Waals surface area contributed by atoms with Gasteiger partial charge in [-0.1, -0.05) is 60.7 Å². The lowest BCUT2D eigenvalue weighted by molar-refractivity contribution is -0.115. The molecule has 46 heavy (non-hydrogen) atoms. The smallest absolute Gasteiger partial charge is 0.272 e. The molecule has 1 aromatic heterocycles. The lowest BCUT2D eigenvalue weighted by atomic mass is 10.1. The van der Waals surface area contributed by atoms with Crippen molar-refractivity contribution in [1.29, 1.82) is 0 Å². The van der Waals surface area contributed by atoms with E-state index in [9.17, 15) is 14.4 Å². The quantitative estimate of drug-likeness (QED) is 0.0944. The largest absolute Gasteiger partial charge is 0.494 e. The lowest BCUT2D eigenvalue weighted by Crippen LogP contribution is -2.30. The number of nitrogens with one attached hydrogen (secondary N) is 3. The molecule has 0 aliphatic rings. The zero-order valence-corrected chi connectivity index (χ0v) is 26.9. The molecule has 0 saturated heterocycles. The van der Waals surface area contributed by atoms with Crippen LogP contribution >= 0.6 is 23.1 Å². The number of thiazole rings is 1. The molecule has 232 valence electrons. The number of amides is 3. The molecule has 0 bridgehead atoms. The molecule has 5 aromatic rings. The Kier molecular flexibility index (Phi) is 11.0. The first kappa shape index (κ1) is 32.2. The van der Waals surface area contributed by atoms with E-state index in [0.29, 0.717) is 28.7 Å². The van der Waals surface area contributed by atoms with Gasteiger partial charge < -0.3 is 20.7 Å². The highest BCUT2D eigenvalue weighted by molar-refractivity contribution is 8.00. The van der Waals surface area contributed by atoms with E-state index < -0.39 is 11.8 Å². The van der Waals surface area contributed by atoms with Crippen LogP contribution in [0.25, 0.3) is 17.3 Å². The highest BCUT2D eigenvalue weighted by Crippen LogP contribution is 2.28. The van der Waals surface area contributed by atoms with E-state index in [0.717, 1.165) is 21.7 Å². The Balaban J connectivity index is 1.22. The Labute approximate surface area is 275 Å². The zero-order valence-electron chi connectivity index (χ0n) is 25.2. The number of rotatable bonds is 12. The summed E-state index contributed by atoms with van der Waals surface area (Å²) in [5.41, 5.74) is 3.57. The molecule has 0 aliphatic heterocycles. The highest BCUT2D eigenvalue weighted by Gasteiger charge is 2.18. The van der Waals surface area contributed by atoms with Gasteiger partial charge in [0.15, 0.2) is 5.13 Å². The number of ether oxygens (including phenoxy) is 1. The summed E-state index contributed by atoms with van der Waals surface area (Å²) in [4.78, 5) is 44.6. The monoisotopic (exact) mass is 648 g/mol. The molecule has 5 rings (SSSR count). The Bertz CT molecular complexity index is 1810. The predicted octanol–water partition coefficient (Wildman–Crippen LogP) is 7.74. The molecule has 8 nitrogen and oxygen atoms in total. The van der Waals surface area contributed by atoms with Crippen LogP contribution in [0.1, 0.15) is 29.8 Å². The highest BCUT2D eigenvalue weighted by atomic mass is 32.2. The van der Waals surface area contributed by atoms with Crippen LogP contribution in [0.2, 0.25) is 0 Å². The number of thioether (sulfide) groups is 1. The standard InChI is InChI=1S/C36H32N4O4S2/c1-3-44-29-18-14-25(15-19-29)22-31(38-34(42)27-12-8-5-9-13-27)35(43)37-28-16-20-30(21-17-28)46-24(2)33(41)40-36-39-32(23-45-36)26-10-6-4-7-11-26/h4-24H,3H2,1-2H3,(H,37,43)(H,38,42)(H,39,40,41)/b31-22-. The van der Waals surface area contributed by atoms with Crippen molar-refractivity contribution in [3.8, 4) is 17.0 Å². The van der Waals surface area contributed by atoms with Crippen LogP contribution in [0.15, 0.2) is 125 Å². The molecule has 4 aromatic carbocycles. The molecular formula is C36H32N4O4S2. The van der Waals surface area contributed by atoms with E-state index in [1.807, 2.05) is 79.9 Å². The van der Waals surface area contributed by atoms with Gasteiger partial charge in [0.05, 0.1) is 17.6 Å². The second kappa shape index (κ2) is 15.7. The van der Waals surface area contributed by atoms with E-state index in [4.69, 9.17) is 4.74 Å². The van der Waals surface area contributed by atoms with Crippen molar-refractivity contribution in [3.05, 3.63) is 131 Å². The number of hydrogen-bond acceptors (Lipinski definition) is 7. The van der Waals surface area contributed by atoms with E-state index in [1.54, 1.807) is 54.6 Å². The summed E-state index contributed by atoms with van der Waals surface area (Å²) in [6.07, 6.45) is 1.61. The van der Waals surface area contributed by atoms with Crippen LogP contribution in [-0.2, 0) is 9.59 Å². The fourth-order valence-corrected chi connectivity index (χ4v) is 5.88. The molecule has 1 atom stereocenters. The van der Waals surface area contributed by atoms with Gasteiger partial charge in [-0.15, -0.1) is 23.1 Å². The summed E-state index contributed by atoms with van der Waals surface area (Å²) in [6, 6.07) is 32.9. The molecule has 0 fully saturated rings. The Morgan fingerprint density at radius 3 is 2.22 bits per heavy atom. The van der Waals surface area contributed by atoms with Crippen molar-refractivity contribution in [3.63, 3.8) is 0 Å². The minimum atomic E-state index is -0.482. The second-order valence-electron chi connectivity index (χ2n) is 10.0. The number of carbonyl (C=O) groups excluding carboxylic acids is 3. The summed E-state index contributed by atoms with van der Waals surface area (Å²) in [5, 5.41) is 10.6.